The first-order chi connectivity index (χ1) is 10.2. The van der Waals surface area contributed by atoms with Crippen LogP contribution in [0.25, 0.3) is 0 Å². The van der Waals surface area contributed by atoms with Gasteiger partial charge in [-0.3, -0.25) is 9.59 Å². The lowest BCUT2D eigenvalue weighted by Gasteiger charge is -2.40. The highest BCUT2D eigenvalue weighted by atomic mass is 16.5. The maximum atomic E-state index is 12.8. The summed E-state index contributed by atoms with van der Waals surface area (Å²) >= 11 is 0. The molecule has 5 heteroatoms. The van der Waals surface area contributed by atoms with Crippen molar-refractivity contribution in [2.24, 2.45) is 0 Å². The molecule has 1 unspecified atom stereocenters. The van der Waals surface area contributed by atoms with Gasteiger partial charge >= 0.3 is 0 Å². The van der Waals surface area contributed by atoms with E-state index in [9.17, 15) is 9.59 Å². The van der Waals surface area contributed by atoms with Crippen molar-refractivity contribution in [1.29, 1.82) is 0 Å². The summed E-state index contributed by atoms with van der Waals surface area (Å²) in [7, 11) is 1.60. The van der Waals surface area contributed by atoms with Gasteiger partial charge in [0.15, 0.2) is 0 Å². The van der Waals surface area contributed by atoms with Gasteiger partial charge in [-0.2, -0.15) is 0 Å². The molecule has 1 aromatic carbocycles. The van der Waals surface area contributed by atoms with Crippen molar-refractivity contribution >= 4 is 11.8 Å². The molecule has 2 saturated heterocycles. The van der Waals surface area contributed by atoms with Gasteiger partial charge in [0.1, 0.15) is 11.3 Å². The molecule has 2 aliphatic rings. The zero-order valence-corrected chi connectivity index (χ0v) is 12.2. The SMILES string of the molecule is COc1ccc(C(=O)N2CCCC23CCCNC3=O)cc1. The lowest BCUT2D eigenvalue weighted by atomic mass is 9.86. The minimum absolute atomic E-state index is 0.00751. The van der Waals surface area contributed by atoms with Crippen molar-refractivity contribution in [3.63, 3.8) is 0 Å². The van der Waals surface area contributed by atoms with Crippen molar-refractivity contribution in [2.45, 2.75) is 31.2 Å². The van der Waals surface area contributed by atoms with E-state index < -0.39 is 5.54 Å². The van der Waals surface area contributed by atoms with E-state index in [1.165, 1.54) is 0 Å². The number of ether oxygens (including phenoxy) is 1. The fourth-order valence-electron chi connectivity index (χ4n) is 3.42. The van der Waals surface area contributed by atoms with Crippen LogP contribution >= 0.6 is 0 Å². The van der Waals surface area contributed by atoms with E-state index in [0.717, 1.165) is 31.4 Å². The zero-order chi connectivity index (χ0) is 14.9. The summed E-state index contributed by atoms with van der Waals surface area (Å²) in [6.07, 6.45) is 3.34. The van der Waals surface area contributed by atoms with E-state index in [4.69, 9.17) is 4.74 Å². The molecule has 1 aromatic rings. The van der Waals surface area contributed by atoms with E-state index in [1.54, 1.807) is 36.3 Å². The molecule has 5 nitrogen and oxygen atoms in total. The Hall–Kier alpha value is -2.04. The van der Waals surface area contributed by atoms with Gasteiger partial charge in [-0.25, -0.2) is 0 Å². The predicted molar refractivity (Wildman–Crippen MR) is 78.2 cm³/mol. The van der Waals surface area contributed by atoms with Gasteiger partial charge in [0.05, 0.1) is 7.11 Å². The van der Waals surface area contributed by atoms with Crippen LogP contribution in [0.15, 0.2) is 24.3 Å². The first kappa shape index (κ1) is 13.9. The van der Waals surface area contributed by atoms with E-state index in [2.05, 4.69) is 5.32 Å². The Labute approximate surface area is 124 Å². The molecule has 0 bridgehead atoms. The summed E-state index contributed by atoms with van der Waals surface area (Å²) in [6.45, 7) is 1.36. The zero-order valence-electron chi connectivity index (χ0n) is 12.2. The first-order valence-corrected chi connectivity index (χ1v) is 7.42. The third-order valence-electron chi connectivity index (χ3n) is 4.55. The average Bonchev–Trinajstić information content (AvgIpc) is 2.94. The number of nitrogens with zero attached hydrogens (tertiary/aromatic N) is 1. The number of amides is 2. The summed E-state index contributed by atoms with van der Waals surface area (Å²) < 4.78 is 5.11. The third kappa shape index (κ3) is 2.26. The van der Waals surface area contributed by atoms with E-state index >= 15 is 0 Å². The second-order valence-corrected chi connectivity index (χ2v) is 5.68. The molecule has 21 heavy (non-hydrogen) atoms. The summed E-state index contributed by atoms with van der Waals surface area (Å²) in [5.41, 5.74) is -0.0228. The predicted octanol–water partition coefficient (Wildman–Crippen LogP) is 1.58. The first-order valence-electron chi connectivity index (χ1n) is 7.42. The highest BCUT2D eigenvalue weighted by Crippen LogP contribution is 2.36. The van der Waals surface area contributed by atoms with Crippen molar-refractivity contribution < 1.29 is 14.3 Å². The molecular formula is C16H20N2O3. The Morgan fingerprint density at radius 3 is 2.62 bits per heavy atom. The Bertz CT molecular complexity index is 555. The van der Waals surface area contributed by atoms with Crippen LogP contribution in [0.4, 0.5) is 0 Å². The van der Waals surface area contributed by atoms with E-state index in [-0.39, 0.29) is 11.8 Å². The molecule has 0 aliphatic carbocycles. The van der Waals surface area contributed by atoms with Crippen LogP contribution in [-0.4, -0.2) is 42.5 Å². The maximum Gasteiger partial charge on any atom is 0.254 e. The lowest BCUT2D eigenvalue weighted by molar-refractivity contribution is -0.133. The van der Waals surface area contributed by atoms with Crippen molar-refractivity contribution in [2.75, 3.05) is 20.2 Å². The van der Waals surface area contributed by atoms with Gasteiger partial charge in [0, 0.05) is 18.7 Å². The number of methoxy groups -OCH3 is 1. The van der Waals surface area contributed by atoms with Crippen LogP contribution in [0.5, 0.6) is 5.75 Å². The normalized spacial score (nSPS) is 25.0. The fraction of sp³-hybridized carbons (Fsp3) is 0.500. The number of likely N-dealkylation sites (tertiary alicyclic amines) is 1. The Morgan fingerprint density at radius 1 is 1.24 bits per heavy atom. The second-order valence-electron chi connectivity index (χ2n) is 5.68. The van der Waals surface area contributed by atoms with Gasteiger partial charge in [0.2, 0.25) is 5.91 Å². The monoisotopic (exact) mass is 288 g/mol. The van der Waals surface area contributed by atoms with E-state index in [1.807, 2.05) is 0 Å². The molecule has 2 amide bonds. The van der Waals surface area contributed by atoms with E-state index in [0.29, 0.717) is 18.7 Å². The quantitative estimate of drug-likeness (QED) is 0.899. The molecular weight excluding hydrogens is 268 g/mol. The van der Waals surface area contributed by atoms with Crippen LogP contribution in [0, 0.1) is 0 Å². The standard InChI is InChI=1S/C16H20N2O3/c1-21-13-6-4-12(5-7-13)14(19)18-11-3-9-16(18)8-2-10-17-15(16)20/h4-7H,2-3,8-11H2,1H3,(H,17,20). The summed E-state index contributed by atoms with van der Waals surface area (Å²) in [5, 5.41) is 2.92. The van der Waals surface area contributed by atoms with Gasteiger partial charge < -0.3 is 15.0 Å². The van der Waals surface area contributed by atoms with Gasteiger partial charge in [-0.15, -0.1) is 0 Å². The number of hydrogen-bond acceptors (Lipinski definition) is 3. The van der Waals surface area contributed by atoms with Crippen LogP contribution in [0.2, 0.25) is 0 Å². The largest absolute Gasteiger partial charge is 0.497 e. The number of piperidine rings is 1. The minimum atomic E-state index is -0.630. The Kier molecular flexibility index (Phi) is 3.57. The van der Waals surface area contributed by atoms with Gasteiger partial charge in [0.25, 0.3) is 5.91 Å². The minimum Gasteiger partial charge on any atom is -0.497 e. The number of carbonyl (C=O) groups excluding carboxylic acids is 2. The van der Waals surface area contributed by atoms with Crippen molar-refractivity contribution in [1.82, 2.24) is 10.2 Å². The molecule has 3 rings (SSSR count). The van der Waals surface area contributed by atoms with Crippen molar-refractivity contribution in [3.8, 4) is 5.75 Å². The maximum absolute atomic E-state index is 12.8. The molecule has 0 aromatic heterocycles. The second kappa shape index (κ2) is 5.39. The average molecular weight is 288 g/mol. The van der Waals surface area contributed by atoms with Gasteiger partial charge in [-0.1, -0.05) is 0 Å². The molecule has 0 radical (unpaired) electrons. The number of hydrogen-bond donors (Lipinski definition) is 1. The highest BCUT2D eigenvalue weighted by molar-refractivity contribution is 6.00. The lowest BCUT2D eigenvalue weighted by Crippen LogP contribution is -2.60. The number of benzene rings is 1. The summed E-state index contributed by atoms with van der Waals surface area (Å²) in [5.74, 6) is 0.665. The number of carbonyl (C=O) groups is 2. The molecule has 112 valence electrons. The Morgan fingerprint density at radius 2 is 1.95 bits per heavy atom. The van der Waals surface area contributed by atoms with Gasteiger partial charge in [-0.05, 0) is 49.9 Å². The van der Waals surface area contributed by atoms with Crippen LogP contribution < -0.4 is 10.1 Å². The smallest absolute Gasteiger partial charge is 0.254 e. The van der Waals surface area contributed by atoms with Crippen molar-refractivity contribution in [3.05, 3.63) is 29.8 Å². The molecule has 1 N–H and O–H groups in total. The molecule has 2 fully saturated rings. The number of rotatable bonds is 2. The molecule has 2 heterocycles. The molecule has 0 saturated carbocycles. The van der Waals surface area contributed by atoms with Crippen LogP contribution in [0.3, 0.4) is 0 Å². The fourth-order valence-corrected chi connectivity index (χ4v) is 3.42. The highest BCUT2D eigenvalue weighted by Gasteiger charge is 2.50. The summed E-state index contributed by atoms with van der Waals surface area (Å²) in [6, 6.07) is 7.07. The third-order valence-corrected chi connectivity index (χ3v) is 4.55. The van der Waals surface area contributed by atoms with Crippen LogP contribution in [-0.2, 0) is 4.79 Å². The molecule has 1 atom stereocenters. The topological polar surface area (TPSA) is 58.6 Å². The molecule has 1 spiro atoms. The number of nitrogens with one attached hydrogen (secondary N) is 1. The van der Waals surface area contributed by atoms with Crippen LogP contribution in [0.1, 0.15) is 36.0 Å². The Balaban J connectivity index is 1.87. The molecule has 2 aliphatic heterocycles. The summed E-state index contributed by atoms with van der Waals surface area (Å²) in [4.78, 5) is 26.9.